The second kappa shape index (κ2) is 8.10. The number of cyclic esters (lactones) is 1. The first kappa shape index (κ1) is 21.0. The number of amides is 2. The van der Waals surface area contributed by atoms with Gasteiger partial charge in [-0.15, -0.1) is 0 Å². The van der Waals surface area contributed by atoms with Crippen molar-refractivity contribution in [3.8, 4) is 0 Å². The number of hydrogen-bond donors (Lipinski definition) is 1. The molecule has 3 aromatic rings. The van der Waals surface area contributed by atoms with Crippen molar-refractivity contribution < 1.29 is 19.2 Å². The lowest BCUT2D eigenvalue weighted by Crippen LogP contribution is -2.43. The van der Waals surface area contributed by atoms with Crippen LogP contribution in [-0.4, -0.2) is 21.9 Å². The maximum Gasteiger partial charge on any atom is 0.415 e. The van der Waals surface area contributed by atoms with Gasteiger partial charge in [0, 0.05) is 24.0 Å². The number of nitrogens with one attached hydrogen (secondary N) is 1. The minimum absolute atomic E-state index is 0.00767. The summed E-state index contributed by atoms with van der Waals surface area (Å²) in [5.74, 6) is -0.534. The standard InChI is InChI=1S/C23H20N4O5/c1-23(2)17-11-18(25-21(28)16-9-6-10-24-13-16)20(27(30)31)12-19(17)26(22(29)32-23)14-15-7-4-3-5-8-15/h3-13H,14H2,1-2H3,(H,25,28). The molecule has 0 atom stereocenters. The summed E-state index contributed by atoms with van der Waals surface area (Å²) in [6.07, 6.45) is 2.29. The van der Waals surface area contributed by atoms with E-state index in [1.165, 1.54) is 29.4 Å². The number of aromatic nitrogens is 1. The molecule has 1 N–H and O–H groups in total. The van der Waals surface area contributed by atoms with Gasteiger partial charge in [0.2, 0.25) is 0 Å². The van der Waals surface area contributed by atoms with Gasteiger partial charge in [0.15, 0.2) is 0 Å². The van der Waals surface area contributed by atoms with E-state index < -0.39 is 22.5 Å². The molecular formula is C23H20N4O5. The number of benzene rings is 2. The topological polar surface area (TPSA) is 115 Å². The maximum absolute atomic E-state index is 12.8. The van der Waals surface area contributed by atoms with Gasteiger partial charge in [0.1, 0.15) is 11.3 Å². The molecule has 9 heteroatoms. The predicted octanol–water partition coefficient (Wildman–Crippen LogP) is 4.63. The van der Waals surface area contributed by atoms with E-state index in [0.29, 0.717) is 11.3 Å². The van der Waals surface area contributed by atoms with E-state index in [4.69, 9.17) is 4.74 Å². The number of fused-ring (bicyclic) bond motifs is 1. The van der Waals surface area contributed by atoms with Gasteiger partial charge in [-0.05, 0) is 37.6 Å². The lowest BCUT2D eigenvalue weighted by atomic mass is 9.92. The number of hydrogen-bond acceptors (Lipinski definition) is 6. The zero-order chi connectivity index (χ0) is 22.9. The monoisotopic (exact) mass is 432 g/mol. The highest BCUT2D eigenvalue weighted by Crippen LogP contribution is 2.44. The average molecular weight is 432 g/mol. The van der Waals surface area contributed by atoms with Crippen LogP contribution in [0.2, 0.25) is 0 Å². The quantitative estimate of drug-likeness (QED) is 0.464. The Morgan fingerprint density at radius 2 is 1.94 bits per heavy atom. The third-order valence-corrected chi connectivity index (χ3v) is 5.17. The van der Waals surface area contributed by atoms with E-state index in [1.807, 2.05) is 30.3 Å². The van der Waals surface area contributed by atoms with Crippen LogP contribution in [0.25, 0.3) is 0 Å². The lowest BCUT2D eigenvalue weighted by molar-refractivity contribution is -0.383. The number of anilines is 2. The number of pyridine rings is 1. The van der Waals surface area contributed by atoms with Crippen LogP contribution in [0.3, 0.4) is 0 Å². The molecule has 2 amide bonds. The minimum atomic E-state index is -1.05. The molecule has 0 saturated carbocycles. The van der Waals surface area contributed by atoms with Crippen LogP contribution < -0.4 is 10.2 Å². The van der Waals surface area contributed by atoms with E-state index >= 15 is 0 Å². The Kier molecular flexibility index (Phi) is 5.31. The van der Waals surface area contributed by atoms with Crippen LogP contribution in [0.15, 0.2) is 67.0 Å². The van der Waals surface area contributed by atoms with Crippen molar-refractivity contribution in [3.05, 3.63) is 93.8 Å². The molecule has 0 bridgehead atoms. The molecule has 0 fully saturated rings. The van der Waals surface area contributed by atoms with Crippen LogP contribution in [0.4, 0.5) is 21.9 Å². The fraction of sp³-hybridized carbons (Fsp3) is 0.174. The van der Waals surface area contributed by atoms with Gasteiger partial charge in [-0.25, -0.2) is 4.79 Å². The number of rotatable bonds is 5. The molecule has 0 spiro atoms. The van der Waals surface area contributed by atoms with Gasteiger partial charge < -0.3 is 10.1 Å². The van der Waals surface area contributed by atoms with Gasteiger partial charge in [0.05, 0.1) is 22.7 Å². The highest BCUT2D eigenvalue weighted by molar-refractivity contribution is 6.06. The van der Waals surface area contributed by atoms with E-state index in [1.54, 1.807) is 26.0 Å². The van der Waals surface area contributed by atoms with Crippen LogP contribution in [-0.2, 0) is 16.9 Å². The molecule has 1 aromatic heterocycles. The van der Waals surface area contributed by atoms with Crippen molar-refractivity contribution in [1.82, 2.24) is 4.98 Å². The van der Waals surface area contributed by atoms with Crippen molar-refractivity contribution in [2.45, 2.75) is 26.0 Å². The number of carbonyl (C=O) groups is 2. The number of nitro benzene ring substituents is 1. The molecule has 0 aliphatic carbocycles. The summed E-state index contributed by atoms with van der Waals surface area (Å²) in [6, 6.07) is 15.2. The van der Waals surface area contributed by atoms with Crippen molar-refractivity contribution in [2.75, 3.05) is 10.2 Å². The number of nitro groups is 1. The first-order valence-electron chi connectivity index (χ1n) is 9.85. The van der Waals surface area contributed by atoms with Crippen LogP contribution in [0, 0.1) is 10.1 Å². The summed E-state index contributed by atoms with van der Waals surface area (Å²) in [7, 11) is 0. The largest absolute Gasteiger partial charge is 0.438 e. The first-order valence-corrected chi connectivity index (χ1v) is 9.85. The number of nitrogens with zero attached hydrogens (tertiary/aromatic N) is 3. The lowest BCUT2D eigenvalue weighted by Gasteiger charge is -2.38. The zero-order valence-electron chi connectivity index (χ0n) is 17.4. The van der Waals surface area contributed by atoms with Crippen molar-refractivity contribution in [3.63, 3.8) is 0 Å². The average Bonchev–Trinajstić information content (AvgIpc) is 2.77. The zero-order valence-corrected chi connectivity index (χ0v) is 17.4. The molecule has 0 saturated heterocycles. The number of ether oxygens (including phenoxy) is 1. The first-order chi connectivity index (χ1) is 15.3. The van der Waals surface area contributed by atoms with E-state index in [2.05, 4.69) is 10.3 Å². The Balaban J connectivity index is 1.79. The summed E-state index contributed by atoms with van der Waals surface area (Å²) < 4.78 is 5.62. The Morgan fingerprint density at radius 3 is 2.59 bits per heavy atom. The molecule has 2 aromatic carbocycles. The third-order valence-electron chi connectivity index (χ3n) is 5.17. The van der Waals surface area contributed by atoms with Crippen LogP contribution >= 0.6 is 0 Å². The Labute approximate surface area is 183 Å². The minimum Gasteiger partial charge on any atom is -0.438 e. The van der Waals surface area contributed by atoms with E-state index in [9.17, 15) is 19.7 Å². The molecule has 0 unspecified atom stereocenters. The Bertz CT molecular complexity index is 1200. The summed E-state index contributed by atoms with van der Waals surface area (Å²) in [5.41, 5.74) is 0.629. The molecule has 1 aliphatic rings. The highest BCUT2D eigenvalue weighted by Gasteiger charge is 2.40. The molecule has 0 radical (unpaired) electrons. The molecule has 162 valence electrons. The molecule has 4 rings (SSSR count). The van der Waals surface area contributed by atoms with Gasteiger partial charge in [-0.1, -0.05) is 30.3 Å². The fourth-order valence-electron chi connectivity index (χ4n) is 3.57. The highest BCUT2D eigenvalue weighted by atomic mass is 16.6. The van der Waals surface area contributed by atoms with Crippen molar-refractivity contribution in [2.24, 2.45) is 0 Å². The predicted molar refractivity (Wildman–Crippen MR) is 117 cm³/mol. The second-order valence-electron chi connectivity index (χ2n) is 7.79. The maximum atomic E-state index is 12.8. The van der Waals surface area contributed by atoms with Gasteiger partial charge in [-0.3, -0.25) is 24.8 Å². The smallest absolute Gasteiger partial charge is 0.415 e. The summed E-state index contributed by atoms with van der Waals surface area (Å²) in [6.45, 7) is 3.57. The van der Waals surface area contributed by atoms with E-state index in [0.717, 1.165) is 5.56 Å². The Morgan fingerprint density at radius 1 is 1.19 bits per heavy atom. The fourth-order valence-corrected chi connectivity index (χ4v) is 3.57. The summed E-state index contributed by atoms with van der Waals surface area (Å²) in [5, 5.41) is 14.4. The van der Waals surface area contributed by atoms with Crippen molar-refractivity contribution >= 4 is 29.1 Å². The van der Waals surface area contributed by atoms with E-state index in [-0.39, 0.29) is 23.5 Å². The SMILES string of the molecule is CC1(C)OC(=O)N(Cc2ccccc2)c2cc([N+](=O)[O-])c(NC(=O)c3cccnc3)cc21. The van der Waals surface area contributed by atoms with Gasteiger partial charge >= 0.3 is 6.09 Å². The van der Waals surface area contributed by atoms with Gasteiger partial charge in [-0.2, -0.15) is 0 Å². The van der Waals surface area contributed by atoms with Crippen LogP contribution in [0.5, 0.6) is 0 Å². The molecular weight excluding hydrogens is 412 g/mol. The van der Waals surface area contributed by atoms with Crippen molar-refractivity contribution in [1.29, 1.82) is 0 Å². The third kappa shape index (κ3) is 4.00. The molecule has 2 heterocycles. The normalized spacial score (nSPS) is 14.3. The second-order valence-corrected chi connectivity index (χ2v) is 7.79. The number of carbonyl (C=O) groups excluding carboxylic acids is 2. The summed E-state index contributed by atoms with van der Waals surface area (Å²) >= 11 is 0. The molecule has 9 nitrogen and oxygen atoms in total. The molecule has 1 aliphatic heterocycles. The summed E-state index contributed by atoms with van der Waals surface area (Å²) in [4.78, 5) is 41.9. The molecule has 32 heavy (non-hydrogen) atoms. The van der Waals surface area contributed by atoms with Gasteiger partial charge in [0.25, 0.3) is 11.6 Å². The van der Waals surface area contributed by atoms with Crippen LogP contribution in [0.1, 0.15) is 35.3 Å². The Hall–Kier alpha value is -4.27.